The molecular weight excluding hydrogens is 204 g/mol. The van der Waals surface area contributed by atoms with E-state index in [2.05, 4.69) is 58.0 Å². The van der Waals surface area contributed by atoms with E-state index in [4.69, 9.17) is 0 Å². The van der Waals surface area contributed by atoms with Gasteiger partial charge in [0, 0.05) is 0 Å². The lowest BCUT2D eigenvalue weighted by molar-refractivity contribution is 0.265. The molecule has 0 N–H and O–H groups in total. The summed E-state index contributed by atoms with van der Waals surface area (Å²) in [6.45, 7) is 9.47. The first kappa shape index (κ1) is 14.3. The van der Waals surface area contributed by atoms with Crippen LogP contribution in [0.15, 0.2) is 30.3 Å². The molecule has 0 saturated carbocycles. The van der Waals surface area contributed by atoms with Gasteiger partial charge in [0.2, 0.25) is 0 Å². The molecule has 0 heterocycles. The van der Waals surface area contributed by atoms with E-state index in [-0.39, 0.29) is 0 Å². The van der Waals surface area contributed by atoms with Crippen molar-refractivity contribution in [2.24, 2.45) is 5.41 Å². The largest absolute Gasteiger partial charge is 0.0654 e. The second-order valence-electron chi connectivity index (χ2n) is 5.93. The van der Waals surface area contributed by atoms with E-state index in [1.165, 1.54) is 37.7 Å². The number of hydrogen-bond acceptors (Lipinski definition) is 0. The Balaban J connectivity index is 2.51. The van der Waals surface area contributed by atoms with Gasteiger partial charge in [0.05, 0.1) is 0 Å². The Morgan fingerprint density at radius 1 is 1.00 bits per heavy atom. The van der Waals surface area contributed by atoms with Crippen molar-refractivity contribution in [3.05, 3.63) is 35.9 Å². The summed E-state index contributed by atoms with van der Waals surface area (Å²) in [7, 11) is 0. The lowest BCUT2D eigenvalue weighted by atomic mass is 9.73. The molecule has 0 spiro atoms. The summed E-state index contributed by atoms with van der Waals surface area (Å²) in [5, 5.41) is 0. The van der Waals surface area contributed by atoms with Gasteiger partial charge in [-0.3, -0.25) is 0 Å². The molecule has 0 aromatic heterocycles. The summed E-state index contributed by atoms with van der Waals surface area (Å²) in [5.74, 6) is 0.644. The van der Waals surface area contributed by atoms with Crippen LogP contribution < -0.4 is 0 Å². The summed E-state index contributed by atoms with van der Waals surface area (Å²) in [4.78, 5) is 0. The second kappa shape index (κ2) is 6.83. The molecule has 0 bridgehead atoms. The van der Waals surface area contributed by atoms with Crippen molar-refractivity contribution in [2.45, 2.75) is 65.7 Å². The summed E-state index contributed by atoms with van der Waals surface area (Å²) in [6.07, 6.45) is 6.81. The molecule has 1 unspecified atom stereocenters. The van der Waals surface area contributed by atoms with Gasteiger partial charge >= 0.3 is 0 Å². The predicted molar refractivity (Wildman–Crippen MR) is 77.4 cm³/mol. The third-order valence-electron chi connectivity index (χ3n) is 4.15. The Morgan fingerprint density at radius 2 is 1.65 bits per heavy atom. The Bertz CT molecular complexity index is 297. The normalized spacial score (nSPS) is 13.6. The standard InChI is InChI=1S/C17H28/c1-5-6-7-11-14-17(3,4)15(2)16-12-9-8-10-13-16/h8-10,12-13,15H,5-7,11,14H2,1-4H3. The van der Waals surface area contributed by atoms with Crippen LogP contribution in [-0.4, -0.2) is 0 Å². The van der Waals surface area contributed by atoms with Crippen LogP contribution in [0, 0.1) is 5.41 Å². The number of rotatable bonds is 7. The zero-order valence-corrected chi connectivity index (χ0v) is 12.0. The first-order valence-electron chi connectivity index (χ1n) is 7.13. The fourth-order valence-electron chi connectivity index (χ4n) is 2.42. The fourth-order valence-corrected chi connectivity index (χ4v) is 2.42. The molecule has 0 radical (unpaired) electrons. The maximum Gasteiger partial charge on any atom is -0.0139 e. The van der Waals surface area contributed by atoms with Gasteiger partial charge in [0.15, 0.2) is 0 Å². The molecule has 0 saturated heterocycles. The van der Waals surface area contributed by atoms with E-state index in [1.54, 1.807) is 0 Å². The van der Waals surface area contributed by atoms with Crippen molar-refractivity contribution in [3.63, 3.8) is 0 Å². The molecule has 0 aliphatic carbocycles. The van der Waals surface area contributed by atoms with Crippen molar-refractivity contribution in [3.8, 4) is 0 Å². The minimum absolute atomic E-state index is 0.412. The maximum absolute atomic E-state index is 2.41. The maximum atomic E-state index is 2.41. The van der Waals surface area contributed by atoms with E-state index in [0.717, 1.165) is 0 Å². The summed E-state index contributed by atoms with van der Waals surface area (Å²) < 4.78 is 0. The summed E-state index contributed by atoms with van der Waals surface area (Å²) >= 11 is 0. The van der Waals surface area contributed by atoms with Crippen LogP contribution in [-0.2, 0) is 0 Å². The van der Waals surface area contributed by atoms with E-state index >= 15 is 0 Å². The van der Waals surface area contributed by atoms with E-state index < -0.39 is 0 Å². The lowest BCUT2D eigenvalue weighted by Gasteiger charge is -2.32. The molecule has 96 valence electrons. The van der Waals surface area contributed by atoms with Crippen LogP contribution in [0.4, 0.5) is 0 Å². The third-order valence-corrected chi connectivity index (χ3v) is 4.15. The molecule has 1 atom stereocenters. The van der Waals surface area contributed by atoms with Crippen molar-refractivity contribution in [1.29, 1.82) is 0 Å². The van der Waals surface area contributed by atoms with Crippen molar-refractivity contribution in [1.82, 2.24) is 0 Å². The quantitative estimate of drug-likeness (QED) is 0.522. The van der Waals surface area contributed by atoms with Crippen LogP contribution in [0.2, 0.25) is 0 Å². The average Bonchev–Trinajstić information content (AvgIpc) is 2.35. The van der Waals surface area contributed by atoms with Crippen molar-refractivity contribution >= 4 is 0 Å². The molecule has 0 nitrogen and oxygen atoms in total. The average molecular weight is 232 g/mol. The highest BCUT2D eigenvalue weighted by atomic mass is 14.3. The minimum atomic E-state index is 0.412. The van der Waals surface area contributed by atoms with Gasteiger partial charge in [-0.25, -0.2) is 0 Å². The monoisotopic (exact) mass is 232 g/mol. The summed E-state index contributed by atoms with van der Waals surface area (Å²) in [5.41, 5.74) is 1.89. The Hall–Kier alpha value is -0.780. The lowest BCUT2D eigenvalue weighted by Crippen LogP contribution is -2.19. The van der Waals surface area contributed by atoms with Crippen LogP contribution >= 0.6 is 0 Å². The fraction of sp³-hybridized carbons (Fsp3) is 0.647. The van der Waals surface area contributed by atoms with Gasteiger partial charge in [-0.2, -0.15) is 0 Å². The number of unbranched alkanes of at least 4 members (excludes halogenated alkanes) is 3. The molecule has 0 heteroatoms. The highest BCUT2D eigenvalue weighted by molar-refractivity contribution is 5.20. The molecule has 0 aliphatic heterocycles. The zero-order valence-electron chi connectivity index (χ0n) is 12.0. The molecular formula is C17H28. The molecule has 0 aliphatic rings. The van der Waals surface area contributed by atoms with Crippen LogP contribution in [0.5, 0.6) is 0 Å². The Morgan fingerprint density at radius 3 is 2.24 bits per heavy atom. The molecule has 0 fully saturated rings. The molecule has 1 rings (SSSR count). The van der Waals surface area contributed by atoms with Gasteiger partial charge in [-0.15, -0.1) is 0 Å². The number of hydrogen-bond donors (Lipinski definition) is 0. The van der Waals surface area contributed by atoms with Crippen molar-refractivity contribution < 1.29 is 0 Å². The SMILES string of the molecule is CCCCCCC(C)(C)C(C)c1ccccc1. The van der Waals surface area contributed by atoms with E-state index in [1.807, 2.05) is 0 Å². The molecule has 17 heavy (non-hydrogen) atoms. The molecule has 1 aromatic rings. The topological polar surface area (TPSA) is 0 Å². The third kappa shape index (κ3) is 4.53. The van der Waals surface area contributed by atoms with Gasteiger partial charge in [-0.05, 0) is 23.3 Å². The van der Waals surface area contributed by atoms with Crippen LogP contribution in [0.25, 0.3) is 0 Å². The van der Waals surface area contributed by atoms with Gasteiger partial charge in [0.1, 0.15) is 0 Å². The Labute approximate surface area is 107 Å². The van der Waals surface area contributed by atoms with Gasteiger partial charge in [0.25, 0.3) is 0 Å². The first-order valence-corrected chi connectivity index (χ1v) is 7.13. The summed E-state index contributed by atoms with van der Waals surface area (Å²) in [6, 6.07) is 10.9. The highest BCUT2D eigenvalue weighted by Crippen LogP contribution is 2.39. The van der Waals surface area contributed by atoms with E-state index in [0.29, 0.717) is 11.3 Å². The molecule has 1 aromatic carbocycles. The van der Waals surface area contributed by atoms with E-state index in [9.17, 15) is 0 Å². The zero-order chi connectivity index (χ0) is 12.7. The van der Waals surface area contributed by atoms with Crippen LogP contribution in [0.3, 0.4) is 0 Å². The molecule has 0 amide bonds. The van der Waals surface area contributed by atoms with Gasteiger partial charge < -0.3 is 0 Å². The van der Waals surface area contributed by atoms with Gasteiger partial charge in [-0.1, -0.05) is 83.7 Å². The highest BCUT2D eigenvalue weighted by Gasteiger charge is 2.26. The van der Waals surface area contributed by atoms with Crippen molar-refractivity contribution in [2.75, 3.05) is 0 Å². The smallest absolute Gasteiger partial charge is 0.0139 e. The number of benzene rings is 1. The predicted octanol–water partition coefficient (Wildman–Crippen LogP) is 5.79. The van der Waals surface area contributed by atoms with Crippen LogP contribution in [0.1, 0.15) is 71.3 Å². The first-order chi connectivity index (χ1) is 8.08. The Kier molecular flexibility index (Phi) is 5.74. The second-order valence-corrected chi connectivity index (χ2v) is 5.93. The minimum Gasteiger partial charge on any atom is -0.0654 e.